The minimum atomic E-state index is -0.252. The number of benzene rings is 3. The lowest BCUT2D eigenvalue weighted by atomic mass is 10.2. The van der Waals surface area contributed by atoms with E-state index in [-0.39, 0.29) is 11.7 Å². The van der Waals surface area contributed by atoms with Gasteiger partial charge in [0.1, 0.15) is 16.5 Å². The molecule has 7 nitrogen and oxygen atoms in total. The maximum absolute atomic E-state index is 14.2. The van der Waals surface area contributed by atoms with Crippen molar-refractivity contribution in [3.05, 3.63) is 105 Å². The standard InChI is InChI=1S/C29H23Cl2FN6OS2/c30-20-8-2-1-7-19(20)27-34-35-29(38(27)24-11-5-3-9-21(24)31)41-18-26-33-23(17-40-26)28(39)37-15-13-36(14-16-37)25-12-6-4-10-22(25)32/h1-12,17H,13-16,18H2. The second-order valence-electron chi connectivity index (χ2n) is 9.22. The molecule has 6 rings (SSSR count). The molecule has 1 aliphatic rings. The van der Waals surface area contributed by atoms with Crippen LogP contribution in [-0.4, -0.2) is 56.7 Å². The molecule has 2 aromatic heterocycles. The molecule has 3 aromatic carbocycles. The van der Waals surface area contributed by atoms with Gasteiger partial charge in [0.2, 0.25) is 0 Å². The van der Waals surface area contributed by atoms with Gasteiger partial charge in [-0.3, -0.25) is 9.36 Å². The molecule has 1 saturated heterocycles. The Kier molecular flexibility index (Phi) is 8.25. The van der Waals surface area contributed by atoms with Crippen LogP contribution in [0.1, 0.15) is 15.5 Å². The summed E-state index contributed by atoms with van der Waals surface area (Å²) in [5.74, 6) is 0.698. The summed E-state index contributed by atoms with van der Waals surface area (Å²) >= 11 is 16.0. The van der Waals surface area contributed by atoms with Crippen molar-refractivity contribution in [2.24, 2.45) is 0 Å². The topological polar surface area (TPSA) is 67.2 Å². The lowest BCUT2D eigenvalue weighted by Gasteiger charge is -2.35. The van der Waals surface area contributed by atoms with E-state index in [4.69, 9.17) is 23.2 Å². The van der Waals surface area contributed by atoms with Gasteiger partial charge in [-0.05, 0) is 36.4 Å². The number of hydrogen-bond donors (Lipinski definition) is 0. The number of rotatable bonds is 7. The fraction of sp³-hybridized carbons (Fsp3) is 0.172. The summed E-state index contributed by atoms with van der Waals surface area (Å²) in [7, 11) is 0. The van der Waals surface area contributed by atoms with Gasteiger partial charge in [0, 0.05) is 37.1 Å². The van der Waals surface area contributed by atoms with E-state index in [1.165, 1.54) is 29.2 Å². The van der Waals surface area contributed by atoms with Crippen molar-refractivity contribution in [3.8, 4) is 17.1 Å². The third-order valence-corrected chi connectivity index (χ3v) is 9.32. The van der Waals surface area contributed by atoms with E-state index < -0.39 is 0 Å². The molecule has 0 unspecified atom stereocenters. The van der Waals surface area contributed by atoms with Crippen LogP contribution in [0.5, 0.6) is 0 Å². The van der Waals surface area contributed by atoms with Crippen molar-refractivity contribution >= 4 is 57.9 Å². The van der Waals surface area contributed by atoms with Crippen molar-refractivity contribution in [2.75, 3.05) is 31.1 Å². The maximum atomic E-state index is 14.2. The van der Waals surface area contributed by atoms with E-state index in [0.717, 1.165) is 16.3 Å². The highest BCUT2D eigenvalue weighted by atomic mass is 35.5. The van der Waals surface area contributed by atoms with Gasteiger partial charge in [-0.25, -0.2) is 9.37 Å². The number of thioether (sulfide) groups is 1. The third kappa shape index (κ3) is 5.83. The fourth-order valence-electron chi connectivity index (χ4n) is 4.65. The van der Waals surface area contributed by atoms with Crippen LogP contribution < -0.4 is 4.90 Å². The van der Waals surface area contributed by atoms with Gasteiger partial charge in [0.25, 0.3) is 5.91 Å². The smallest absolute Gasteiger partial charge is 0.273 e. The summed E-state index contributed by atoms with van der Waals surface area (Å²) in [4.78, 5) is 21.5. The van der Waals surface area contributed by atoms with E-state index in [2.05, 4.69) is 15.2 Å². The highest BCUT2D eigenvalue weighted by molar-refractivity contribution is 7.98. The van der Waals surface area contributed by atoms with Crippen LogP contribution in [0.3, 0.4) is 0 Å². The molecule has 1 fully saturated rings. The van der Waals surface area contributed by atoms with Crippen molar-refractivity contribution in [3.63, 3.8) is 0 Å². The Morgan fingerprint density at radius 1 is 0.878 bits per heavy atom. The van der Waals surface area contributed by atoms with Crippen molar-refractivity contribution in [1.29, 1.82) is 0 Å². The molecule has 5 aromatic rings. The summed E-state index contributed by atoms with van der Waals surface area (Å²) in [6, 6.07) is 21.7. The van der Waals surface area contributed by atoms with Crippen LogP contribution in [0.15, 0.2) is 83.3 Å². The summed E-state index contributed by atoms with van der Waals surface area (Å²) < 4.78 is 16.1. The van der Waals surface area contributed by atoms with Crippen LogP contribution in [0.2, 0.25) is 10.0 Å². The highest BCUT2D eigenvalue weighted by Crippen LogP contribution is 2.35. The number of piperazine rings is 1. The summed E-state index contributed by atoms with van der Waals surface area (Å²) in [6.07, 6.45) is 0. The quantitative estimate of drug-likeness (QED) is 0.180. The predicted octanol–water partition coefficient (Wildman–Crippen LogP) is 7.09. The highest BCUT2D eigenvalue weighted by Gasteiger charge is 2.25. The molecule has 1 aliphatic heterocycles. The molecular formula is C29H23Cl2FN6OS2. The maximum Gasteiger partial charge on any atom is 0.273 e. The van der Waals surface area contributed by atoms with Crippen LogP contribution in [0.4, 0.5) is 10.1 Å². The minimum absolute atomic E-state index is 0.120. The van der Waals surface area contributed by atoms with Crippen molar-refractivity contribution in [1.82, 2.24) is 24.6 Å². The number of carbonyl (C=O) groups excluding carboxylic acids is 1. The van der Waals surface area contributed by atoms with Gasteiger partial charge in [-0.15, -0.1) is 21.5 Å². The number of halogens is 3. The Bertz CT molecular complexity index is 1700. The Labute approximate surface area is 254 Å². The van der Waals surface area contributed by atoms with E-state index in [1.54, 1.807) is 22.4 Å². The molecule has 1 amide bonds. The van der Waals surface area contributed by atoms with E-state index in [0.29, 0.717) is 64.3 Å². The Hall–Kier alpha value is -3.44. The van der Waals surface area contributed by atoms with Gasteiger partial charge in [-0.1, -0.05) is 71.4 Å². The average molecular weight is 626 g/mol. The molecule has 3 heterocycles. The first-order valence-electron chi connectivity index (χ1n) is 12.8. The zero-order chi connectivity index (χ0) is 28.3. The first-order chi connectivity index (χ1) is 20.0. The SMILES string of the molecule is O=C(c1csc(CSc2nnc(-c3ccccc3Cl)n2-c2ccccc2Cl)n1)N1CCN(c2ccccc2F)CC1. The number of thiazole rings is 1. The minimum Gasteiger partial charge on any atom is -0.366 e. The first kappa shape index (κ1) is 27.7. The first-order valence-corrected chi connectivity index (χ1v) is 15.4. The predicted molar refractivity (Wildman–Crippen MR) is 163 cm³/mol. The zero-order valence-electron chi connectivity index (χ0n) is 21.6. The fourth-order valence-corrected chi connectivity index (χ4v) is 6.82. The number of anilines is 1. The van der Waals surface area contributed by atoms with Crippen LogP contribution in [0.25, 0.3) is 17.1 Å². The molecule has 0 N–H and O–H groups in total. The Morgan fingerprint density at radius 2 is 1.56 bits per heavy atom. The monoisotopic (exact) mass is 624 g/mol. The molecule has 12 heteroatoms. The molecule has 208 valence electrons. The summed E-state index contributed by atoms with van der Waals surface area (Å²) in [5.41, 5.74) is 2.45. The Balaban J connectivity index is 1.16. The van der Waals surface area contributed by atoms with E-state index >= 15 is 0 Å². The average Bonchev–Trinajstić information content (AvgIpc) is 3.64. The van der Waals surface area contributed by atoms with Gasteiger partial charge < -0.3 is 9.80 Å². The molecule has 0 bridgehead atoms. The molecule has 0 aliphatic carbocycles. The van der Waals surface area contributed by atoms with Gasteiger partial charge >= 0.3 is 0 Å². The number of nitrogens with zero attached hydrogens (tertiary/aromatic N) is 6. The van der Waals surface area contributed by atoms with Crippen LogP contribution >= 0.6 is 46.3 Å². The second kappa shape index (κ2) is 12.2. The molecule has 0 atom stereocenters. The largest absolute Gasteiger partial charge is 0.366 e. The third-order valence-electron chi connectivity index (χ3n) is 6.70. The van der Waals surface area contributed by atoms with Crippen LogP contribution in [0, 0.1) is 5.82 Å². The second-order valence-corrected chi connectivity index (χ2v) is 11.9. The molecule has 0 spiro atoms. The number of carbonyl (C=O) groups is 1. The van der Waals surface area contributed by atoms with Crippen molar-refractivity contribution in [2.45, 2.75) is 10.9 Å². The number of hydrogen-bond acceptors (Lipinski definition) is 7. The van der Waals surface area contributed by atoms with E-state index in [1.807, 2.05) is 64.1 Å². The molecule has 41 heavy (non-hydrogen) atoms. The zero-order valence-corrected chi connectivity index (χ0v) is 24.7. The summed E-state index contributed by atoms with van der Waals surface area (Å²) in [6.45, 7) is 2.12. The molecular weight excluding hydrogens is 602 g/mol. The Morgan fingerprint density at radius 3 is 2.29 bits per heavy atom. The summed E-state index contributed by atoms with van der Waals surface area (Å²) in [5, 5.41) is 13.2. The number of aromatic nitrogens is 4. The van der Waals surface area contributed by atoms with E-state index in [9.17, 15) is 9.18 Å². The van der Waals surface area contributed by atoms with Gasteiger partial charge in [0.15, 0.2) is 11.0 Å². The number of para-hydroxylation sites is 2. The molecule has 0 radical (unpaired) electrons. The number of amides is 1. The lowest BCUT2D eigenvalue weighted by molar-refractivity contribution is 0.0741. The normalized spacial score (nSPS) is 13.5. The van der Waals surface area contributed by atoms with Crippen molar-refractivity contribution < 1.29 is 9.18 Å². The van der Waals surface area contributed by atoms with Gasteiger partial charge in [0.05, 0.1) is 27.2 Å². The van der Waals surface area contributed by atoms with Gasteiger partial charge in [-0.2, -0.15) is 0 Å². The molecule has 0 saturated carbocycles. The lowest BCUT2D eigenvalue weighted by Crippen LogP contribution is -2.49. The van der Waals surface area contributed by atoms with Crippen LogP contribution in [-0.2, 0) is 5.75 Å².